The molecule has 7 heteroatoms. The average Bonchev–Trinajstić information content (AvgIpc) is 3.09. The summed E-state index contributed by atoms with van der Waals surface area (Å²) in [5.41, 5.74) is 1.81. The smallest absolute Gasteiger partial charge is 0.272 e. The molecular formula is C12H11ClF3NO2. The number of nitrogens with one attached hydrogen (secondary N) is 1. The maximum absolute atomic E-state index is 11.9. The van der Waals surface area contributed by atoms with Crippen LogP contribution in [0.1, 0.15) is 18.4 Å². The van der Waals surface area contributed by atoms with Gasteiger partial charge in [-0.3, -0.25) is 9.63 Å². The topological polar surface area (TPSA) is 38.3 Å². The van der Waals surface area contributed by atoms with E-state index in [0.29, 0.717) is 17.9 Å². The van der Waals surface area contributed by atoms with Gasteiger partial charge in [-0.05, 0) is 30.5 Å². The Kier molecular flexibility index (Phi) is 3.73. The Morgan fingerprint density at radius 1 is 1.32 bits per heavy atom. The molecule has 0 unspecified atom stereocenters. The van der Waals surface area contributed by atoms with Gasteiger partial charge in [0, 0.05) is 5.02 Å². The van der Waals surface area contributed by atoms with Crippen molar-refractivity contribution in [3.63, 3.8) is 0 Å². The first kappa shape index (κ1) is 14.1. The number of hydroxylamine groups is 1. The summed E-state index contributed by atoms with van der Waals surface area (Å²) in [6.07, 6.45) is -3.31. The van der Waals surface area contributed by atoms with Gasteiger partial charge in [0.05, 0.1) is 5.41 Å². The number of amides is 1. The molecule has 1 N–H and O–H groups in total. The van der Waals surface area contributed by atoms with E-state index in [-0.39, 0.29) is 0 Å². The molecule has 0 atom stereocenters. The summed E-state index contributed by atoms with van der Waals surface area (Å²) in [7, 11) is 0. The first-order valence-electron chi connectivity index (χ1n) is 5.58. The summed E-state index contributed by atoms with van der Waals surface area (Å²) in [6, 6.07) is 6.67. The van der Waals surface area contributed by atoms with Gasteiger partial charge in [0.25, 0.3) is 5.91 Å². The van der Waals surface area contributed by atoms with E-state index in [0.717, 1.165) is 5.56 Å². The minimum atomic E-state index is -4.47. The molecule has 1 amide bonds. The number of carbonyl (C=O) groups is 1. The molecule has 1 aromatic rings. The molecule has 19 heavy (non-hydrogen) atoms. The second-order valence-electron chi connectivity index (χ2n) is 4.42. The van der Waals surface area contributed by atoms with Crippen LogP contribution < -0.4 is 5.48 Å². The highest BCUT2D eigenvalue weighted by atomic mass is 35.5. The minimum Gasteiger partial charge on any atom is -0.272 e. The minimum absolute atomic E-state index is 0.535. The maximum atomic E-state index is 11.9. The van der Waals surface area contributed by atoms with Crippen LogP contribution in [0.15, 0.2) is 24.3 Å². The van der Waals surface area contributed by atoms with Crippen LogP contribution in [0.3, 0.4) is 0 Å². The quantitative estimate of drug-likeness (QED) is 0.867. The zero-order valence-corrected chi connectivity index (χ0v) is 10.5. The third-order valence-electron chi connectivity index (χ3n) is 2.98. The highest BCUT2D eigenvalue weighted by Crippen LogP contribution is 2.48. The summed E-state index contributed by atoms with van der Waals surface area (Å²) in [5, 5.41) is 0.535. The Labute approximate surface area is 112 Å². The third-order valence-corrected chi connectivity index (χ3v) is 3.23. The molecule has 1 saturated carbocycles. The molecule has 1 fully saturated rings. The zero-order chi connectivity index (χ0) is 14.1. The van der Waals surface area contributed by atoms with Crippen molar-refractivity contribution >= 4 is 17.5 Å². The number of hydrogen-bond acceptors (Lipinski definition) is 2. The predicted octanol–water partition coefficient (Wildman–Crippen LogP) is 2.98. The first-order chi connectivity index (χ1) is 8.83. The second-order valence-corrected chi connectivity index (χ2v) is 4.86. The molecule has 0 heterocycles. The highest BCUT2D eigenvalue weighted by molar-refractivity contribution is 6.30. The average molecular weight is 294 g/mol. The molecule has 0 radical (unpaired) electrons. The lowest BCUT2D eigenvalue weighted by molar-refractivity contribution is -0.192. The Morgan fingerprint density at radius 3 is 2.37 bits per heavy atom. The summed E-state index contributed by atoms with van der Waals surface area (Å²) < 4.78 is 35.7. The SMILES string of the molecule is O=C(NOCC(F)(F)F)C1(c2ccc(Cl)cc2)CC1. The maximum Gasteiger partial charge on any atom is 0.414 e. The van der Waals surface area contributed by atoms with E-state index in [1.807, 2.05) is 5.48 Å². The van der Waals surface area contributed by atoms with Crippen molar-refractivity contribution in [2.75, 3.05) is 6.61 Å². The lowest BCUT2D eigenvalue weighted by atomic mass is 9.95. The van der Waals surface area contributed by atoms with E-state index in [2.05, 4.69) is 4.84 Å². The zero-order valence-electron chi connectivity index (χ0n) is 9.76. The number of benzene rings is 1. The fraction of sp³-hybridized carbons (Fsp3) is 0.417. The van der Waals surface area contributed by atoms with Crippen molar-refractivity contribution in [3.8, 4) is 0 Å². The Balaban J connectivity index is 1.97. The van der Waals surface area contributed by atoms with Crippen molar-refractivity contribution in [2.24, 2.45) is 0 Å². The summed E-state index contributed by atoms with van der Waals surface area (Å²) >= 11 is 5.75. The van der Waals surface area contributed by atoms with E-state index in [4.69, 9.17) is 11.6 Å². The number of hydrogen-bond donors (Lipinski definition) is 1. The summed E-state index contributed by atoms with van der Waals surface area (Å²) in [6.45, 7) is -1.50. The molecule has 104 valence electrons. The largest absolute Gasteiger partial charge is 0.414 e. The molecular weight excluding hydrogens is 283 g/mol. The van der Waals surface area contributed by atoms with E-state index < -0.39 is 24.1 Å². The number of carbonyl (C=O) groups excluding carboxylic acids is 1. The van der Waals surface area contributed by atoms with Gasteiger partial charge in [-0.2, -0.15) is 13.2 Å². The van der Waals surface area contributed by atoms with Crippen LogP contribution in [-0.2, 0) is 15.0 Å². The normalized spacial score (nSPS) is 17.1. The van der Waals surface area contributed by atoms with Gasteiger partial charge < -0.3 is 0 Å². The molecule has 0 bridgehead atoms. The predicted molar refractivity (Wildman–Crippen MR) is 62.5 cm³/mol. The van der Waals surface area contributed by atoms with E-state index >= 15 is 0 Å². The van der Waals surface area contributed by atoms with Crippen LogP contribution in [-0.4, -0.2) is 18.7 Å². The Bertz CT molecular complexity index is 469. The fourth-order valence-electron chi connectivity index (χ4n) is 1.82. The van der Waals surface area contributed by atoms with Crippen LogP contribution >= 0.6 is 11.6 Å². The van der Waals surface area contributed by atoms with Crippen molar-refractivity contribution in [1.29, 1.82) is 0 Å². The molecule has 1 aliphatic carbocycles. The molecule has 0 saturated heterocycles. The van der Waals surface area contributed by atoms with Crippen molar-refractivity contribution in [3.05, 3.63) is 34.9 Å². The van der Waals surface area contributed by atoms with Gasteiger partial charge in [-0.25, -0.2) is 5.48 Å². The number of alkyl halides is 3. The van der Waals surface area contributed by atoms with Gasteiger partial charge in [0.1, 0.15) is 0 Å². The Morgan fingerprint density at radius 2 is 1.89 bits per heavy atom. The highest BCUT2D eigenvalue weighted by Gasteiger charge is 2.51. The molecule has 0 aromatic heterocycles. The van der Waals surface area contributed by atoms with E-state index in [9.17, 15) is 18.0 Å². The van der Waals surface area contributed by atoms with E-state index in [1.165, 1.54) is 0 Å². The lowest BCUT2D eigenvalue weighted by Crippen LogP contribution is -2.37. The van der Waals surface area contributed by atoms with Crippen LogP contribution in [0.25, 0.3) is 0 Å². The van der Waals surface area contributed by atoms with Crippen molar-refractivity contribution in [2.45, 2.75) is 24.4 Å². The van der Waals surface area contributed by atoms with Crippen LogP contribution in [0.5, 0.6) is 0 Å². The molecule has 1 aromatic carbocycles. The summed E-state index contributed by atoms with van der Waals surface area (Å²) in [5.74, 6) is -0.556. The molecule has 1 aliphatic rings. The monoisotopic (exact) mass is 293 g/mol. The standard InChI is InChI=1S/C12H11ClF3NO2/c13-9-3-1-8(2-4-9)11(5-6-11)10(18)17-19-7-12(14,15)16/h1-4H,5-7H2,(H,17,18). The fourth-order valence-corrected chi connectivity index (χ4v) is 1.95. The van der Waals surface area contributed by atoms with Gasteiger partial charge >= 0.3 is 6.18 Å². The van der Waals surface area contributed by atoms with Crippen molar-refractivity contribution in [1.82, 2.24) is 5.48 Å². The van der Waals surface area contributed by atoms with Crippen LogP contribution in [0.2, 0.25) is 5.02 Å². The molecule has 0 aliphatic heterocycles. The number of rotatable bonds is 4. The molecule has 0 spiro atoms. The first-order valence-corrected chi connectivity index (χ1v) is 5.96. The van der Waals surface area contributed by atoms with Crippen LogP contribution in [0.4, 0.5) is 13.2 Å². The van der Waals surface area contributed by atoms with Crippen molar-refractivity contribution < 1.29 is 22.8 Å². The lowest BCUT2D eigenvalue weighted by Gasteiger charge is -2.16. The number of halogens is 4. The van der Waals surface area contributed by atoms with Gasteiger partial charge in [0.15, 0.2) is 6.61 Å². The van der Waals surface area contributed by atoms with Gasteiger partial charge in [-0.1, -0.05) is 23.7 Å². The Hall–Kier alpha value is -1.27. The molecule has 3 nitrogen and oxygen atoms in total. The second kappa shape index (κ2) is 5.02. The van der Waals surface area contributed by atoms with E-state index in [1.54, 1.807) is 24.3 Å². The van der Waals surface area contributed by atoms with Gasteiger partial charge in [-0.15, -0.1) is 0 Å². The van der Waals surface area contributed by atoms with Gasteiger partial charge in [0.2, 0.25) is 0 Å². The third kappa shape index (κ3) is 3.39. The van der Waals surface area contributed by atoms with Crippen LogP contribution in [0, 0.1) is 0 Å². The summed E-state index contributed by atoms with van der Waals surface area (Å²) in [4.78, 5) is 16.0. The molecule has 2 rings (SSSR count).